The highest BCUT2D eigenvalue weighted by atomic mass is 16.5. The van der Waals surface area contributed by atoms with Crippen LogP contribution in [0.3, 0.4) is 0 Å². The predicted octanol–water partition coefficient (Wildman–Crippen LogP) is 3.35. The summed E-state index contributed by atoms with van der Waals surface area (Å²) < 4.78 is 1.71. The van der Waals surface area contributed by atoms with Crippen molar-refractivity contribution in [1.29, 1.82) is 0 Å². The first-order chi connectivity index (χ1) is 19.9. The number of hydrogen-bond donors (Lipinski definition) is 3. The van der Waals surface area contributed by atoms with Crippen molar-refractivity contribution in [2.24, 2.45) is 0 Å². The summed E-state index contributed by atoms with van der Waals surface area (Å²) in [5, 5.41) is 12.5. The van der Waals surface area contributed by atoms with E-state index in [1.165, 1.54) is 6.92 Å². The number of hydroxylamine groups is 1. The number of anilines is 3. The first-order valence-electron chi connectivity index (χ1n) is 14.4. The van der Waals surface area contributed by atoms with Gasteiger partial charge in [0.2, 0.25) is 11.9 Å². The molecule has 3 aromatic heterocycles. The Morgan fingerprint density at radius 3 is 2.46 bits per heavy atom. The molecule has 0 spiro atoms. The maximum atomic E-state index is 13.4. The summed E-state index contributed by atoms with van der Waals surface area (Å²) in [7, 11) is 0. The number of hydrogen-bond acceptors (Lipinski definition) is 10. The Hall–Kier alpha value is -3.90. The number of aryl methyl sites for hydroxylation is 1. The third-order valence-electron chi connectivity index (χ3n) is 8.23. The third kappa shape index (κ3) is 6.38. The average molecular weight is 563 g/mol. The number of ketones is 1. The van der Waals surface area contributed by atoms with Crippen LogP contribution in [0, 0.1) is 6.92 Å². The first-order valence-corrected chi connectivity index (χ1v) is 14.4. The molecule has 1 aliphatic carbocycles. The van der Waals surface area contributed by atoms with Crippen molar-refractivity contribution >= 4 is 40.2 Å². The molecule has 0 aromatic carbocycles. The number of carbonyl (C=O) groups is 2. The number of aromatic nitrogens is 4. The zero-order chi connectivity index (χ0) is 28.9. The molecule has 2 aliphatic rings. The van der Waals surface area contributed by atoms with Crippen LogP contribution in [0.1, 0.15) is 73.8 Å². The van der Waals surface area contributed by atoms with Crippen LogP contribution in [-0.4, -0.2) is 74.0 Å². The Bertz CT molecular complexity index is 1460. The second-order valence-corrected chi connectivity index (χ2v) is 10.9. The molecular weight excluding hydrogens is 524 g/mol. The molecular formula is C29H38N8O4. The minimum atomic E-state index is -0.338. The summed E-state index contributed by atoms with van der Waals surface area (Å²) >= 11 is 0. The number of unbranched alkanes of at least 4 members (excludes halogenated alkanes) is 1. The van der Waals surface area contributed by atoms with Gasteiger partial charge in [0, 0.05) is 50.2 Å². The van der Waals surface area contributed by atoms with Crippen LogP contribution < -0.4 is 21.3 Å². The van der Waals surface area contributed by atoms with Gasteiger partial charge in [-0.15, -0.1) is 0 Å². The van der Waals surface area contributed by atoms with Crippen LogP contribution in [0.4, 0.5) is 17.5 Å². The predicted molar refractivity (Wildman–Crippen MR) is 156 cm³/mol. The number of Topliss-reactive ketones (excluding diaryl/α,β-unsaturated/α-hetero) is 1. The number of nitrogens with one attached hydrogen (secondary N) is 2. The van der Waals surface area contributed by atoms with E-state index in [9.17, 15) is 14.4 Å². The Balaban J connectivity index is 1.26. The van der Waals surface area contributed by atoms with Crippen molar-refractivity contribution in [3.05, 3.63) is 46.0 Å². The summed E-state index contributed by atoms with van der Waals surface area (Å²) in [5.74, 6) is 0.378. The van der Waals surface area contributed by atoms with Crippen molar-refractivity contribution < 1.29 is 14.8 Å². The molecule has 0 atom stereocenters. The van der Waals surface area contributed by atoms with Crippen LogP contribution in [0.25, 0.3) is 11.0 Å². The Labute approximate surface area is 238 Å². The van der Waals surface area contributed by atoms with Gasteiger partial charge in [-0.25, -0.2) is 15.4 Å². The second kappa shape index (κ2) is 12.7. The molecule has 1 amide bonds. The second-order valence-electron chi connectivity index (χ2n) is 10.9. The molecule has 3 aromatic rings. The lowest BCUT2D eigenvalue weighted by atomic mass is 10.0. The van der Waals surface area contributed by atoms with Crippen LogP contribution in [0.2, 0.25) is 0 Å². The third-order valence-corrected chi connectivity index (χ3v) is 8.23. The molecule has 4 heterocycles. The number of carbonyl (C=O) groups excluding carboxylic acids is 2. The van der Waals surface area contributed by atoms with Crippen molar-refractivity contribution in [1.82, 2.24) is 29.9 Å². The van der Waals surface area contributed by atoms with Crippen LogP contribution >= 0.6 is 0 Å². The zero-order valence-electron chi connectivity index (χ0n) is 23.7. The Morgan fingerprint density at radius 1 is 1.05 bits per heavy atom. The van der Waals surface area contributed by atoms with Crippen molar-refractivity contribution in [2.45, 2.75) is 64.8 Å². The summed E-state index contributed by atoms with van der Waals surface area (Å²) in [6, 6.07) is 3.95. The van der Waals surface area contributed by atoms with E-state index in [0.29, 0.717) is 34.8 Å². The van der Waals surface area contributed by atoms with E-state index in [0.717, 1.165) is 76.9 Å². The van der Waals surface area contributed by atoms with E-state index in [2.05, 4.69) is 25.1 Å². The smallest absolute Gasteiger partial charge is 0.263 e. The first kappa shape index (κ1) is 28.6. The number of fused-ring (bicyclic) bond motifs is 1. The molecule has 0 unspecified atom stereocenters. The molecule has 1 aliphatic heterocycles. The number of piperazine rings is 1. The van der Waals surface area contributed by atoms with E-state index in [-0.39, 0.29) is 28.9 Å². The highest BCUT2D eigenvalue weighted by molar-refractivity contribution is 5.99. The Morgan fingerprint density at radius 2 is 1.80 bits per heavy atom. The number of rotatable bonds is 10. The van der Waals surface area contributed by atoms with Gasteiger partial charge in [-0.05, 0) is 63.8 Å². The number of amides is 1. The topological polar surface area (TPSA) is 146 Å². The molecule has 12 heteroatoms. The lowest BCUT2D eigenvalue weighted by Crippen LogP contribution is -2.46. The lowest BCUT2D eigenvalue weighted by molar-refractivity contribution is -0.129. The highest BCUT2D eigenvalue weighted by Gasteiger charge is 2.26. The SMILES string of the molecule is CC(=O)c1c(C)c2cnc(Nc3ccc(N4CCN(CCCCC(=O)NO)CC4)cn3)nc2n(C2CCCC2)c1=O. The van der Waals surface area contributed by atoms with Crippen molar-refractivity contribution in [2.75, 3.05) is 42.9 Å². The zero-order valence-corrected chi connectivity index (χ0v) is 23.7. The van der Waals surface area contributed by atoms with E-state index < -0.39 is 0 Å². The Kier molecular flexibility index (Phi) is 8.89. The fraction of sp³-hybridized carbons (Fsp3) is 0.517. The molecule has 12 nitrogen and oxygen atoms in total. The van der Waals surface area contributed by atoms with Crippen LogP contribution in [-0.2, 0) is 4.79 Å². The molecule has 1 saturated carbocycles. The van der Waals surface area contributed by atoms with Gasteiger partial charge in [-0.3, -0.25) is 29.1 Å². The van der Waals surface area contributed by atoms with E-state index in [4.69, 9.17) is 10.2 Å². The minimum Gasteiger partial charge on any atom is -0.368 e. The summed E-state index contributed by atoms with van der Waals surface area (Å²) in [6.45, 7) is 7.80. The maximum absolute atomic E-state index is 13.4. The summed E-state index contributed by atoms with van der Waals surface area (Å²) in [5.41, 5.74) is 3.84. The van der Waals surface area contributed by atoms with E-state index >= 15 is 0 Å². The molecule has 0 bridgehead atoms. The van der Waals surface area contributed by atoms with Crippen LogP contribution in [0.5, 0.6) is 0 Å². The number of pyridine rings is 2. The average Bonchev–Trinajstić information content (AvgIpc) is 3.50. The van der Waals surface area contributed by atoms with Gasteiger partial charge in [0.15, 0.2) is 5.78 Å². The van der Waals surface area contributed by atoms with Gasteiger partial charge in [0.25, 0.3) is 5.56 Å². The van der Waals surface area contributed by atoms with E-state index in [1.54, 1.807) is 23.2 Å². The molecule has 2 fully saturated rings. The fourth-order valence-corrected chi connectivity index (χ4v) is 5.98. The number of nitrogens with zero attached hydrogens (tertiary/aromatic N) is 6. The highest BCUT2D eigenvalue weighted by Crippen LogP contribution is 2.32. The molecule has 0 radical (unpaired) electrons. The van der Waals surface area contributed by atoms with E-state index in [1.807, 2.05) is 18.3 Å². The van der Waals surface area contributed by atoms with Gasteiger partial charge in [0.05, 0.1) is 17.4 Å². The maximum Gasteiger partial charge on any atom is 0.263 e. The largest absolute Gasteiger partial charge is 0.368 e. The molecule has 1 saturated heterocycles. The van der Waals surface area contributed by atoms with Gasteiger partial charge >= 0.3 is 0 Å². The fourth-order valence-electron chi connectivity index (χ4n) is 5.98. The molecule has 3 N–H and O–H groups in total. The lowest BCUT2D eigenvalue weighted by Gasteiger charge is -2.36. The van der Waals surface area contributed by atoms with Gasteiger partial charge in [-0.1, -0.05) is 12.8 Å². The summed E-state index contributed by atoms with van der Waals surface area (Å²) in [6.07, 6.45) is 9.42. The van der Waals surface area contributed by atoms with Gasteiger partial charge in [-0.2, -0.15) is 4.98 Å². The van der Waals surface area contributed by atoms with Crippen LogP contribution in [0.15, 0.2) is 29.3 Å². The minimum absolute atomic E-state index is 0.0251. The monoisotopic (exact) mass is 562 g/mol. The summed E-state index contributed by atoms with van der Waals surface area (Å²) in [4.78, 5) is 55.4. The molecule has 5 rings (SSSR count). The van der Waals surface area contributed by atoms with Crippen molar-refractivity contribution in [3.8, 4) is 0 Å². The van der Waals surface area contributed by atoms with Crippen molar-refractivity contribution in [3.63, 3.8) is 0 Å². The standard InChI is InChI=1S/C29H38N8O4/c1-19-23-18-31-29(33-27(23)37(21-7-3-4-8-21)28(40)26(19)20(2)38)32-24-11-10-22(17-30-24)36-15-13-35(14-16-36)12-6-5-9-25(39)34-41/h10-11,17-18,21,41H,3-9,12-16H2,1-2H3,(H,34,39)(H,30,31,32,33). The van der Waals surface area contributed by atoms with Gasteiger partial charge in [0.1, 0.15) is 11.5 Å². The molecule has 218 valence electrons. The normalized spacial score (nSPS) is 16.3. The quantitative estimate of drug-likeness (QED) is 0.146. The molecule has 41 heavy (non-hydrogen) atoms. The van der Waals surface area contributed by atoms with Gasteiger partial charge < -0.3 is 10.2 Å².